The van der Waals surface area contributed by atoms with Crippen molar-refractivity contribution in [1.82, 2.24) is 0 Å². The van der Waals surface area contributed by atoms with Gasteiger partial charge in [0.25, 0.3) is 5.91 Å². The SMILES string of the molecule is CCOC(=O)CCc1ccc(C(OC)=C2C(=O)N(C(C)=O)c3cc(F)ccc32)cc1. The van der Waals surface area contributed by atoms with E-state index in [4.69, 9.17) is 9.47 Å². The van der Waals surface area contributed by atoms with Gasteiger partial charge in [0, 0.05) is 24.5 Å². The Morgan fingerprint density at radius 3 is 2.40 bits per heavy atom. The number of fused-ring (bicyclic) bond motifs is 1. The number of nitrogens with zero attached hydrogens (tertiary/aromatic N) is 1. The van der Waals surface area contributed by atoms with Gasteiger partial charge in [-0.3, -0.25) is 14.4 Å². The number of carbonyl (C=O) groups is 3. The second kappa shape index (κ2) is 8.90. The third-order valence-corrected chi connectivity index (χ3v) is 4.77. The van der Waals surface area contributed by atoms with Crippen molar-refractivity contribution in [3.05, 3.63) is 65.0 Å². The van der Waals surface area contributed by atoms with E-state index in [0.29, 0.717) is 24.2 Å². The molecule has 0 radical (unpaired) electrons. The van der Waals surface area contributed by atoms with Gasteiger partial charge in [-0.2, -0.15) is 0 Å². The van der Waals surface area contributed by atoms with E-state index in [9.17, 15) is 18.8 Å². The number of benzene rings is 2. The zero-order valence-corrected chi connectivity index (χ0v) is 17.0. The Bertz CT molecular complexity index is 1030. The Morgan fingerprint density at radius 2 is 1.80 bits per heavy atom. The number of anilines is 1. The largest absolute Gasteiger partial charge is 0.495 e. The summed E-state index contributed by atoms with van der Waals surface area (Å²) in [5.74, 6) is -1.59. The van der Waals surface area contributed by atoms with Gasteiger partial charge in [-0.1, -0.05) is 24.3 Å². The molecule has 0 unspecified atom stereocenters. The van der Waals surface area contributed by atoms with Crippen molar-refractivity contribution >= 4 is 34.8 Å². The normalized spacial score (nSPS) is 14.4. The lowest BCUT2D eigenvalue weighted by Gasteiger charge is -2.13. The highest BCUT2D eigenvalue weighted by Gasteiger charge is 2.38. The van der Waals surface area contributed by atoms with Crippen LogP contribution in [0.4, 0.5) is 10.1 Å². The Kier molecular flexibility index (Phi) is 6.30. The first-order valence-corrected chi connectivity index (χ1v) is 9.55. The minimum Gasteiger partial charge on any atom is -0.495 e. The number of imide groups is 1. The van der Waals surface area contributed by atoms with Crippen molar-refractivity contribution in [2.24, 2.45) is 0 Å². The fraction of sp³-hybridized carbons (Fsp3) is 0.261. The van der Waals surface area contributed by atoms with Gasteiger partial charge < -0.3 is 9.47 Å². The first kappa shape index (κ1) is 21.2. The van der Waals surface area contributed by atoms with Gasteiger partial charge in [0.1, 0.15) is 11.6 Å². The molecule has 0 aromatic heterocycles. The van der Waals surface area contributed by atoms with Crippen LogP contribution in [-0.4, -0.2) is 31.5 Å². The van der Waals surface area contributed by atoms with Gasteiger partial charge in [-0.15, -0.1) is 0 Å². The van der Waals surface area contributed by atoms with Crippen LogP contribution in [0.25, 0.3) is 11.3 Å². The average molecular weight is 411 g/mol. The quantitative estimate of drug-likeness (QED) is 0.411. The van der Waals surface area contributed by atoms with Crippen LogP contribution in [0.5, 0.6) is 0 Å². The topological polar surface area (TPSA) is 72.9 Å². The first-order chi connectivity index (χ1) is 14.4. The maximum Gasteiger partial charge on any atom is 0.306 e. The summed E-state index contributed by atoms with van der Waals surface area (Å²) in [7, 11) is 1.43. The molecule has 1 heterocycles. The van der Waals surface area contributed by atoms with Crippen molar-refractivity contribution in [3.63, 3.8) is 0 Å². The lowest BCUT2D eigenvalue weighted by molar-refractivity contribution is -0.143. The van der Waals surface area contributed by atoms with Gasteiger partial charge in [-0.25, -0.2) is 9.29 Å². The van der Waals surface area contributed by atoms with Crippen LogP contribution in [0.2, 0.25) is 0 Å². The molecule has 2 amide bonds. The second-order valence-electron chi connectivity index (χ2n) is 6.73. The Morgan fingerprint density at radius 1 is 1.10 bits per heavy atom. The van der Waals surface area contributed by atoms with Gasteiger partial charge >= 0.3 is 5.97 Å². The number of hydrogen-bond donors (Lipinski definition) is 0. The Hall–Kier alpha value is -3.48. The molecule has 0 aliphatic carbocycles. The van der Waals surface area contributed by atoms with Crippen LogP contribution in [0.1, 0.15) is 37.0 Å². The van der Waals surface area contributed by atoms with Crippen molar-refractivity contribution in [1.29, 1.82) is 0 Å². The molecule has 0 fully saturated rings. The summed E-state index contributed by atoms with van der Waals surface area (Å²) in [4.78, 5) is 37.5. The number of amides is 2. The predicted molar refractivity (Wildman–Crippen MR) is 110 cm³/mol. The first-order valence-electron chi connectivity index (χ1n) is 9.55. The molecule has 0 N–H and O–H groups in total. The number of halogens is 1. The molecule has 7 heteroatoms. The molecule has 0 saturated carbocycles. The highest BCUT2D eigenvalue weighted by molar-refractivity contribution is 6.42. The van der Waals surface area contributed by atoms with Crippen LogP contribution < -0.4 is 4.90 Å². The molecular formula is C23H22FNO5. The number of aryl methyl sites for hydroxylation is 1. The standard InChI is InChI=1S/C23H22FNO5/c1-4-30-20(27)12-7-15-5-8-16(9-6-15)22(29-3)21-18-11-10-17(24)13-19(18)25(14(2)26)23(21)28/h5-6,8-11,13H,4,7,12H2,1-3H3. The van der Waals surface area contributed by atoms with E-state index >= 15 is 0 Å². The molecule has 3 rings (SSSR count). The molecule has 2 aromatic carbocycles. The third kappa shape index (κ3) is 4.10. The summed E-state index contributed by atoms with van der Waals surface area (Å²) in [5, 5.41) is 0. The minimum atomic E-state index is -0.564. The number of methoxy groups -OCH3 is 1. The fourth-order valence-corrected chi connectivity index (χ4v) is 3.44. The molecule has 0 bridgehead atoms. The number of ether oxygens (including phenoxy) is 2. The van der Waals surface area contributed by atoms with E-state index in [0.717, 1.165) is 16.5 Å². The van der Waals surface area contributed by atoms with E-state index in [-0.39, 0.29) is 29.4 Å². The summed E-state index contributed by atoms with van der Waals surface area (Å²) in [6.45, 7) is 3.36. The third-order valence-electron chi connectivity index (χ3n) is 4.77. The smallest absolute Gasteiger partial charge is 0.306 e. The van der Waals surface area contributed by atoms with E-state index in [1.807, 2.05) is 12.1 Å². The zero-order valence-electron chi connectivity index (χ0n) is 17.0. The number of esters is 1. The van der Waals surface area contributed by atoms with Gasteiger partial charge in [0.05, 0.1) is 25.0 Å². The van der Waals surface area contributed by atoms with Crippen molar-refractivity contribution in [2.45, 2.75) is 26.7 Å². The molecular weight excluding hydrogens is 389 g/mol. The monoisotopic (exact) mass is 411 g/mol. The zero-order chi connectivity index (χ0) is 21.8. The van der Waals surface area contributed by atoms with Crippen molar-refractivity contribution in [3.8, 4) is 0 Å². The lowest BCUT2D eigenvalue weighted by atomic mass is 10.00. The number of carbonyl (C=O) groups excluding carboxylic acids is 3. The highest BCUT2D eigenvalue weighted by atomic mass is 19.1. The Balaban J connectivity index is 1.97. The average Bonchev–Trinajstić information content (AvgIpc) is 2.99. The summed E-state index contributed by atoms with van der Waals surface area (Å²) < 4.78 is 24.2. The molecule has 6 nitrogen and oxygen atoms in total. The van der Waals surface area contributed by atoms with Crippen LogP contribution in [-0.2, 0) is 30.3 Å². The van der Waals surface area contributed by atoms with Crippen molar-refractivity contribution < 1.29 is 28.2 Å². The highest BCUT2D eigenvalue weighted by Crippen LogP contribution is 2.41. The summed E-state index contributed by atoms with van der Waals surface area (Å²) in [6, 6.07) is 11.1. The molecule has 0 saturated heterocycles. The minimum absolute atomic E-state index is 0.196. The van der Waals surface area contributed by atoms with E-state index in [1.165, 1.54) is 26.2 Å². The Labute approximate surface area is 173 Å². The molecule has 0 spiro atoms. The molecule has 156 valence electrons. The molecule has 30 heavy (non-hydrogen) atoms. The maximum absolute atomic E-state index is 13.8. The number of hydrogen-bond acceptors (Lipinski definition) is 5. The summed E-state index contributed by atoms with van der Waals surface area (Å²) in [6.07, 6.45) is 0.799. The van der Waals surface area contributed by atoms with Gasteiger partial charge in [0.15, 0.2) is 0 Å². The second-order valence-corrected chi connectivity index (χ2v) is 6.73. The van der Waals surface area contributed by atoms with E-state index in [2.05, 4.69) is 0 Å². The van der Waals surface area contributed by atoms with Crippen LogP contribution >= 0.6 is 0 Å². The summed E-state index contributed by atoms with van der Waals surface area (Å²) >= 11 is 0. The van der Waals surface area contributed by atoms with Crippen LogP contribution in [0, 0.1) is 5.82 Å². The summed E-state index contributed by atoms with van der Waals surface area (Å²) in [5.41, 5.74) is 2.38. The van der Waals surface area contributed by atoms with E-state index in [1.54, 1.807) is 19.1 Å². The number of rotatable bonds is 6. The lowest BCUT2D eigenvalue weighted by Crippen LogP contribution is -2.31. The van der Waals surface area contributed by atoms with Crippen LogP contribution in [0.3, 0.4) is 0 Å². The van der Waals surface area contributed by atoms with Crippen molar-refractivity contribution in [2.75, 3.05) is 18.6 Å². The van der Waals surface area contributed by atoms with Gasteiger partial charge in [0.2, 0.25) is 5.91 Å². The fourth-order valence-electron chi connectivity index (χ4n) is 3.44. The van der Waals surface area contributed by atoms with E-state index < -0.39 is 17.6 Å². The molecule has 1 aliphatic rings. The molecule has 0 atom stereocenters. The molecule has 1 aliphatic heterocycles. The predicted octanol–water partition coefficient (Wildman–Crippen LogP) is 3.73. The van der Waals surface area contributed by atoms with Crippen LogP contribution in [0.15, 0.2) is 42.5 Å². The molecule has 2 aromatic rings. The maximum atomic E-state index is 13.8. The van der Waals surface area contributed by atoms with Gasteiger partial charge in [-0.05, 0) is 37.1 Å².